The summed E-state index contributed by atoms with van der Waals surface area (Å²) in [4.78, 5) is 18.5. The second kappa shape index (κ2) is 10.1. The van der Waals surface area contributed by atoms with E-state index in [0.29, 0.717) is 18.2 Å². The second-order valence-electron chi connectivity index (χ2n) is 5.16. The molecule has 1 rings (SSSR count). The number of hydrogen-bond acceptors (Lipinski definition) is 3. The highest BCUT2D eigenvalue weighted by Crippen LogP contribution is 2.21. The molecule has 0 fully saturated rings. The molecule has 0 aliphatic carbocycles. The molecule has 0 saturated heterocycles. The summed E-state index contributed by atoms with van der Waals surface area (Å²) in [6, 6.07) is 10.3. The molecule has 0 heterocycles. The number of nitrogens with one attached hydrogen (secondary N) is 2. The van der Waals surface area contributed by atoms with Gasteiger partial charge in [-0.2, -0.15) is 0 Å². The summed E-state index contributed by atoms with van der Waals surface area (Å²) in [7, 11) is 5.26. The number of carbonyl (C=O) groups is 1. The van der Waals surface area contributed by atoms with Gasteiger partial charge in [0.2, 0.25) is 5.91 Å². The first-order valence-electron chi connectivity index (χ1n) is 7.39. The number of benzene rings is 1. The molecule has 0 saturated carbocycles. The van der Waals surface area contributed by atoms with Crippen molar-refractivity contribution in [3.8, 4) is 0 Å². The first-order valence-corrected chi connectivity index (χ1v) is 8.27. The number of carbonyl (C=O) groups excluding carboxylic acids is 1. The van der Waals surface area contributed by atoms with Crippen molar-refractivity contribution in [1.29, 1.82) is 0 Å². The van der Waals surface area contributed by atoms with Crippen LogP contribution in [0.15, 0.2) is 40.2 Å². The van der Waals surface area contributed by atoms with Gasteiger partial charge in [-0.1, -0.05) is 25.1 Å². The van der Waals surface area contributed by atoms with Gasteiger partial charge in [0, 0.05) is 50.8 Å². The number of nitrogens with zero attached hydrogens (tertiary/aromatic N) is 2. The van der Waals surface area contributed by atoms with E-state index in [-0.39, 0.29) is 5.91 Å². The Morgan fingerprint density at radius 1 is 1.27 bits per heavy atom. The standard InChI is InChI=1S/C16H26N4OS/c1-13(22-14-8-6-5-7-9-14)12-19-16(17-2)18-11-10-15(21)20(3)4/h5-9,13H,10-12H2,1-4H3,(H2,17,18,19). The van der Waals surface area contributed by atoms with Crippen LogP contribution in [0.3, 0.4) is 0 Å². The molecule has 0 radical (unpaired) electrons. The van der Waals surface area contributed by atoms with E-state index >= 15 is 0 Å². The zero-order chi connectivity index (χ0) is 16.4. The maximum Gasteiger partial charge on any atom is 0.223 e. The zero-order valence-electron chi connectivity index (χ0n) is 13.8. The van der Waals surface area contributed by atoms with Gasteiger partial charge in [0.05, 0.1) is 0 Å². The molecule has 1 unspecified atom stereocenters. The van der Waals surface area contributed by atoms with Crippen molar-refractivity contribution in [1.82, 2.24) is 15.5 Å². The lowest BCUT2D eigenvalue weighted by atomic mass is 10.4. The maximum absolute atomic E-state index is 11.5. The predicted molar refractivity (Wildman–Crippen MR) is 94.4 cm³/mol. The second-order valence-corrected chi connectivity index (χ2v) is 6.67. The summed E-state index contributed by atoms with van der Waals surface area (Å²) in [6.45, 7) is 3.56. The third-order valence-corrected chi connectivity index (χ3v) is 4.10. The highest BCUT2D eigenvalue weighted by molar-refractivity contribution is 8.00. The molecule has 0 spiro atoms. The fourth-order valence-corrected chi connectivity index (χ4v) is 2.69. The number of hydrogen-bond donors (Lipinski definition) is 2. The van der Waals surface area contributed by atoms with Gasteiger partial charge in [0.15, 0.2) is 5.96 Å². The summed E-state index contributed by atoms with van der Waals surface area (Å²) >= 11 is 1.82. The van der Waals surface area contributed by atoms with Gasteiger partial charge in [0.25, 0.3) is 0 Å². The van der Waals surface area contributed by atoms with Gasteiger partial charge < -0.3 is 15.5 Å². The maximum atomic E-state index is 11.5. The van der Waals surface area contributed by atoms with Crippen molar-refractivity contribution in [3.05, 3.63) is 30.3 Å². The number of thioether (sulfide) groups is 1. The summed E-state index contributed by atoms with van der Waals surface area (Å²) < 4.78 is 0. The Labute approximate surface area is 137 Å². The minimum atomic E-state index is 0.107. The lowest BCUT2D eigenvalue weighted by molar-refractivity contribution is -0.128. The Morgan fingerprint density at radius 2 is 1.95 bits per heavy atom. The smallest absolute Gasteiger partial charge is 0.223 e. The highest BCUT2D eigenvalue weighted by atomic mass is 32.2. The highest BCUT2D eigenvalue weighted by Gasteiger charge is 2.07. The van der Waals surface area contributed by atoms with Crippen LogP contribution in [0, 0.1) is 0 Å². The quantitative estimate of drug-likeness (QED) is 0.457. The van der Waals surface area contributed by atoms with E-state index in [1.165, 1.54) is 4.90 Å². The number of guanidine groups is 1. The molecule has 0 bridgehead atoms. The van der Waals surface area contributed by atoms with Crippen LogP contribution < -0.4 is 10.6 Å². The van der Waals surface area contributed by atoms with Crippen molar-refractivity contribution >= 4 is 23.6 Å². The molecule has 1 amide bonds. The fraction of sp³-hybridized carbons (Fsp3) is 0.500. The molecule has 6 heteroatoms. The molecule has 0 aliphatic rings. The van der Waals surface area contributed by atoms with Crippen molar-refractivity contribution in [2.45, 2.75) is 23.5 Å². The SMILES string of the molecule is CN=C(NCCC(=O)N(C)C)NCC(C)Sc1ccccc1. The zero-order valence-corrected chi connectivity index (χ0v) is 14.6. The summed E-state index contributed by atoms with van der Waals surface area (Å²) in [6.07, 6.45) is 0.460. The van der Waals surface area contributed by atoms with Crippen LogP contribution in [0.1, 0.15) is 13.3 Å². The molecule has 1 atom stereocenters. The van der Waals surface area contributed by atoms with E-state index < -0.39 is 0 Å². The minimum Gasteiger partial charge on any atom is -0.356 e. The Kier molecular flexibility index (Phi) is 8.43. The topological polar surface area (TPSA) is 56.7 Å². The van der Waals surface area contributed by atoms with Gasteiger partial charge in [-0.25, -0.2) is 0 Å². The van der Waals surface area contributed by atoms with Crippen LogP contribution in [0.4, 0.5) is 0 Å². The van der Waals surface area contributed by atoms with Crippen LogP contribution in [0.5, 0.6) is 0 Å². The van der Waals surface area contributed by atoms with E-state index in [9.17, 15) is 4.79 Å². The molecule has 0 aliphatic heterocycles. The van der Waals surface area contributed by atoms with E-state index in [1.54, 1.807) is 26.0 Å². The fourth-order valence-electron chi connectivity index (χ4n) is 1.75. The Bertz CT molecular complexity index is 476. The summed E-state index contributed by atoms with van der Waals surface area (Å²) in [5.74, 6) is 0.836. The van der Waals surface area contributed by atoms with Crippen molar-refractivity contribution in [3.63, 3.8) is 0 Å². The average molecular weight is 322 g/mol. The number of rotatable bonds is 7. The first-order chi connectivity index (χ1) is 10.5. The normalized spacial score (nSPS) is 12.6. The largest absolute Gasteiger partial charge is 0.356 e. The third-order valence-electron chi connectivity index (χ3n) is 2.99. The molecule has 122 valence electrons. The number of amides is 1. The molecular weight excluding hydrogens is 296 g/mol. The van der Waals surface area contributed by atoms with Crippen LogP contribution >= 0.6 is 11.8 Å². The van der Waals surface area contributed by atoms with E-state index in [2.05, 4.69) is 34.7 Å². The Hall–Kier alpha value is -1.69. The van der Waals surface area contributed by atoms with Gasteiger partial charge in [0.1, 0.15) is 0 Å². The van der Waals surface area contributed by atoms with Crippen molar-refractivity contribution in [2.75, 3.05) is 34.2 Å². The van der Waals surface area contributed by atoms with Crippen LogP contribution in [0.25, 0.3) is 0 Å². The minimum absolute atomic E-state index is 0.107. The van der Waals surface area contributed by atoms with Crippen LogP contribution in [-0.4, -0.2) is 56.2 Å². The van der Waals surface area contributed by atoms with Gasteiger partial charge in [-0.15, -0.1) is 11.8 Å². The average Bonchev–Trinajstić information content (AvgIpc) is 2.51. The molecule has 22 heavy (non-hydrogen) atoms. The van der Waals surface area contributed by atoms with Gasteiger partial charge in [-0.3, -0.25) is 9.79 Å². The molecule has 1 aromatic rings. The van der Waals surface area contributed by atoms with Crippen molar-refractivity contribution in [2.24, 2.45) is 4.99 Å². The van der Waals surface area contributed by atoms with Gasteiger partial charge in [-0.05, 0) is 12.1 Å². The lowest BCUT2D eigenvalue weighted by Gasteiger charge is -2.16. The Balaban J connectivity index is 2.27. The van der Waals surface area contributed by atoms with Crippen LogP contribution in [-0.2, 0) is 4.79 Å². The molecule has 2 N–H and O–H groups in total. The summed E-state index contributed by atoms with van der Waals surface area (Å²) in [5, 5.41) is 6.86. The number of aliphatic imine (C=N–C) groups is 1. The van der Waals surface area contributed by atoms with Gasteiger partial charge >= 0.3 is 0 Å². The third kappa shape index (κ3) is 7.36. The van der Waals surface area contributed by atoms with Crippen molar-refractivity contribution < 1.29 is 4.79 Å². The van der Waals surface area contributed by atoms with Crippen LogP contribution in [0.2, 0.25) is 0 Å². The summed E-state index contributed by atoms with van der Waals surface area (Å²) in [5.41, 5.74) is 0. The molecular formula is C16H26N4OS. The van der Waals surface area contributed by atoms with E-state index in [4.69, 9.17) is 0 Å². The van der Waals surface area contributed by atoms with E-state index in [1.807, 2.05) is 30.0 Å². The predicted octanol–water partition coefficient (Wildman–Crippen LogP) is 1.81. The molecule has 0 aromatic heterocycles. The lowest BCUT2D eigenvalue weighted by Crippen LogP contribution is -2.41. The Morgan fingerprint density at radius 3 is 2.55 bits per heavy atom. The molecule has 5 nitrogen and oxygen atoms in total. The van der Waals surface area contributed by atoms with E-state index in [0.717, 1.165) is 12.5 Å². The molecule has 1 aromatic carbocycles. The monoisotopic (exact) mass is 322 g/mol. The first kappa shape index (κ1) is 18.4.